The molecule has 0 aliphatic carbocycles. The first kappa shape index (κ1) is 9.60. The lowest BCUT2D eigenvalue weighted by Gasteiger charge is -1.92. The summed E-state index contributed by atoms with van der Waals surface area (Å²) in [6.07, 6.45) is 0.701. The second-order valence-corrected chi connectivity index (χ2v) is 3.08. The Morgan fingerprint density at radius 2 is 2.33 bits per heavy atom. The van der Waals surface area contributed by atoms with Crippen molar-refractivity contribution in [2.45, 2.75) is 13.0 Å². The number of H-pyrrole nitrogens is 1. The largest absolute Gasteiger partial charge is 0.385 e. The normalized spacial score (nSPS) is 12.7. The third-order valence-electron chi connectivity index (χ3n) is 1.85. The fourth-order valence-corrected chi connectivity index (χ4v) is 1.07. The minimum atomic E-state index is -0.773. The number of hydrogen-bond donors (Lipinski definition) is 2. The second-order valence-electron chi connectivity index (χ2n) is 3.08. The molecule has 78 valence electrons. The minimum Gasteiger partial charge on any atom is -0.385 e. The fourth-order valence-electron chi connectivity index (χ4n) is 1.07. The average Bonchev–Trinajstić information content (AvgIpc) is 2.68. The number of aromatic amines is 1. The molecular weight excluding hydrogens is 198 g/mol. The van der Waals surface area contributed by atoms with Crippen LogP contribution in [0.5, 0.6) is 0 Å². The van der Waals surface area contributed by atoms with Gasteiger partial charge in [0.2, 0.25) is 5.56 Å². The lowest BCUT2D eigenvalue weighted by molar-refractivity contribution is 0.184. The van der Waals surface area contributed by atoms with E-state index in [2.05, 4.69) is 15.1 Å². The van der Waals surface area contributed by atoms with E-state index in [1.54, 1.807) is 13.0 Å². The van der Waals surface area contributed by atoms with Gasteiger partial charge in [-0.3, -0.25) is 4.79 Å². The lowest BCUT2D eigenvalue weighted by Crippen LogP contribution is -2.01. The molecule has 0 amide bonds. The molecule has 0 saturated heterocycles. The SMILES string of the molecule is CC(O)c1noc(-c2ccc(=O)[nH]c2)n1. The standard InChI is InChI=1S/C9H9N3O3/c1-5(13)8-11-9(15-12-8)6-2-3-7(14)10-4-6/h2-5,13H,1H3,(H,10,14). The minimum absolute atomic E-state index is 0.200. The summed E-state index contributed by atoms with van der Waals surface area (Å²) in [6, 6.07) is 2.93. The Kier molecular flexibility index (Phi) is 2.34. The zero-order valence-electron chi connectivity index (χ0n) is 7.97. The van der Waals surface area contributed by atoms with Crippen LogP contribution in [0.1, 0.15) is 18.9 Å². The van der Waals surface area contributed by atoms with E-state index in [0.29, 0.717) is 5.56 Å². The molecular formula is C9H9N3O3. The van der Waals surface area contributed by atoms with Crippen LogP contribution in [-0.2, 0) is 0 Å². The van der Waals surface area contributed by atoms with Gasteiger partial charge < -0.3 is 14.6 Å². The molecule has 0 aliphatic rings. The predicted molar refractivity (Wildman–Crippen MR) is 51.0 cm³/mol. The molecule has 0 bridgehead atoms. The predicted octanol–water partition coefficient (Wildman–Crippen LogP) is 0.478. The molecule has 6 nitrogen and oxygen atoms in total. The second kappa shape index (κ2) is 3.66. The van der Waals surface area contributed by atoms with E-state index in [4.69, 9.17) is 4.52 Å². The van der Waals surface area contributed by atoms with Gasteiger partial charge in [0.1, 0.15) is 6.10 Å². The number of nitrogens with zero attached hydrogens (tertiary/aromatic N) is 2. The molecule has 2 heterocycles. The summed E-state index contributed by atoms with van der Waals surface area (Å²) in [5.41, 5.74) is 0.406. The number of aliphatic hydroxyl groups excluding tert-OH is 1. The van der Waals surface area contributed by atoms with Crippen LogP contribution in [-0.4, -0.2) is 20.2 Å². The summed E-state index contributed by atoms with van der Waals surface area (Å²) in [5.74, 6) is 0.485. The Balaban J connectivity index is 2.37. The van der Waals surface area contributed by atoms with Crippen LogP contribution < -0.4 is 5.56 Å². The number of pyridine rings is 1. The third-order valence-corrected chi connectivity index (χ3v) is 1.85. The van der Waals surface area contributed by atoms with Crippen LogP contribution in [0.4, 0.5) is 0 Å². The molecule has 0 spiro atoms. The van der Waals surface area contributed by atoms with Gasteiger partial charge in [0.15, 0.2) is 5.82 Å². The molecule has 0 aromatic carbocycles. The highest BCUT2D eigenvalue weighted by Gasteiger charge is 2.12. The third kappa shape index (κ3) is 1.94. The average molecular weight is 207 g/mol. The van der Waals surface area contributed by atoms with Gasteiger partial charge in [0, 0.05) is 12.3 Å². The molecule has 2 aromatic rings. The monoisotopic (exact) mass is 207 g/mol. The highest BCUT2D eigenvalue weighted by Crippen LogP contribution is 2.16. The highest BCUT2D eigenvalue weighted by molar-refractivity contribution is 5.50. The van der Waals surface area contributed by atoms with Crippen molar-refractivity contribution in [2.75, 3.05) is 0 Å². The van der Waals surface area contributed by atoms with Crippen molar-refractivity contribution in [3.8, 4) is 11.5 Å². The number of aliphatic hydroxyl groups is 1. The van der Waals surface area contributed by atoms with E-state index in [9.17, 15) is 9.90 Å². The molecule has 0 aliphatic heterocycles. The molecule has 0 fully saturated rings. The number of hydrogen-bond acceptors (Lipinski definition) is 5. The lowest BCUT2D eigenvalue weighted by atomic mass is 10.3. The molecule has 2 N–H and O–H groups in total. The molecule has 0 radical (unpaired) electrons. The Hall–Kier alpha value is -1.95. The van der Waals surface area contributed by atoms with Crippen LogP contribution in [0.25, 0.3) is 11.5 Å². The van der Waals surface area contributed by atoms with Gasteiger partial charge in [-0.2, -0.15) is 4.98 Å². The van der Waals surface area contributed by atoms with E-state index >= 15 is 0 Å². The van der Waals surface area contributed by atoms with Crippen molar-refractivity contribution in [3.05, 3.63) is 34.5 Å². The number of rotatable bonds is 2. The molecule has 0 saturated carbocycles. The van der Waals surface area contributed by atoms with Crippen LogP contribution in [0.15, 0.2) is 27.6 Å². The quantitative estimate of drug-likeness (QED) is 0.747. The van der Waals surface area contributed by atoms with Crippen molar-refractivity contribution in [1.29, 1.82) is 0 Å². The summed E-state index contributed by atoms with van der Waals surface area (Å²) in [6.45, 7) is 1.54. The summed E-state index contributed by atoms with van der Waals surface area (Å²) in [4.78, 5) is 17.3. The van der Waals surface area contributed by atoms with Gasteiger partial charge in [-0.05, 0) is 13.0 Å². The fraction of sp³-hybridized carbons (Fsp3) is 0.222. The van der Waals surface area contributed by atoms with Crippen LogP contribution in [0.2, 0.25) is 0 Å². The van der Waals surface area contributed by atoms with Crippen molar-refractivity contribution in [3.63, 3.8) is 0 Å². The van der Waals surface area contributed by atoms with E-state index < -0.39 is 6.10 Å². The zero-order chi connectivity index (χ0) is 10.8. The van der Waals surface area contributed by atoms with Crippen molar-refractivity contribution < 1.29 is 9.63 Å². The molecule has 6 heteroatoms. The first-order valence-electron chi connectivity index (χ1n) is 4.37. The van der Waals surface area contributed by atoms with Gasteiger partial charge in [-0.15, -0.1) is 0 Å². The molecule has 15 heavy (non-hydrogen) atoms. The Labute approximate surface area is 84.6 Å². The van der Waals surface area contributed by atoms with Crippen LogP contribution in [0, 0.1) is 0 Å². The maximum absolute atomic E-state index is 10.8. The van der Waals surface area contributed by atoms with Crippen molar-refractivity contribution in [1.82, 2.24) is 15.1 Å². The maximum atomic E-state index is 10.8. The molecule has 2 rings (SSSR count). The van der Waals surface area contributed by atoms with Gasteiger partial charge in [0.05, 0.1) is 5.56 Å². The number of aromatic nitrogens is 3. The first-order chi connectivity index (χ1) is 7.16. The Morgan fingerprint density at radius 1 is 1.53 bits per heavy atom. The van der Waals surface area contributed by atoms with Gasteiger partial charge in [-0.25, -0.2) is 0 Å². The molecule has 2 aromatic heterocycles. The number of nitrogens with one attached hydrogen (secondary N) is 1. The summed E-state index contributed by atoms with van der Waals surface area (Å²) >= 11 is 0. The van der Waals surface area contributed by atoms with E-state index in [0.717, 1.165) is 0 Å². The molecule has 1 unspecified atom stereocenters. The summed E-state index contributed by atoms with van der Waals surface area (Å²) < 4.78 is 4.91. The van der Waals surface area contributed by atoms with E-state index in [1.807, 2.05) is 0 Å². The van der Waals surface area contributed by atoms with Crippen molar-refractivity contribution in [2.24, 2.45) is 0 Å². The van der Waals surface area contributed by atoms with E-state index in [-0.39, 0.29) is 17.3 Å². The zero-order valence-corrected chi connectivity index (χ0v) is 7.97. The maximum Gasteiger partial charge on any atom is 0.259 e. The van der Waals surface area contributed by atoms with Gasteiger partial charge in [-0.1, -0.05) is 5.16 Å². The van der Waals surface area contributed by atoms with E-state index in [1.165, 1.54) is 12.3 Å². The molecule has 1 atom stereocenters. The van der Waals surface area contributed by atoms with Crippen molar-refractivity contribution >= 4 is 0 Å². The Morgan fingerprint density at radius 3 is 2.87 bits per heavy atom. The topological polar surface area (TPSA) is 92.0 Å². The van der Waals surface area contributed by atoms with Crippen LogP contribution in [0.3, 0.4) is 0 Å². The Bertz CT molecular complexity index is 495. The summed E-state index contributed by atoms with van der Waals surface area (Å²) in [7, 11) is 0. The highest BCUT2D eigenvalue weighted by atomic mass is 16.5. The van der Waals surface area contributed by atoms with Gasteiger partial charge >= 0.3 is 0 Å². The van der Waals surface area contributed by atoms with Crippen LogP contribution >= 0.6 is 0 Å². The summed E-state index contributed by atoms with van der Waals surface area (Å²) in [5, 5.41) is 12.8. The first-order valence-corrected chi connectivity index (χ1v) is 4.37. The smallest absolute Gasteiger partial charge is 0.259 e. The van der Waals surface area contributed by atoms with Gasteiger partial charge in [0.25, 0.3) is 5.89 Å².